The molecule has 41 heavy (non-hydrogen) atoms. The number of piperazine rings is 1. The second-order valence-corrected chi connectivity index (χ2v) is 15.4. The van der Waals surface area contributed by atoms with Crippen LogP contribution in [0.3, 0.4) is 0 Å². The molecule has 10 nitrogen and oxygen atoms in total. The van der Waals surface area contributed by atoms with E-state index in [-0.39, 0.29) is 16.6 Å². The van der Waals surface area contributed by atoms with E-state index in [9.17, 15) is 4.21 Å². The summed E-state index contributed by atoms with van der Waals surface area (Å²) in [6.45, 7) is 9.14. The van der Waals surface area contributed by atoms with Gasteiger partial charge in [0.15, 0.2) is 5.82 Å². The van der Waals surface area contributed by atoms with E-state index < -0.39 is 9.73 Å². The topological polar surface area (TPSA) is 99.1 Å². The lowest BCUT2D eigenvalue weighted by Crippen LogP contribution is -2.48. The number of hydrogen-bond acceptors (Lipinski definition) is 10. The van der Waals surface area contributed by atoms with E-state index in [1.807, 2.05) is 18.3 Å². The molecule has 0 radical (unpaired) electrons. The van der Waals surface area contributed by atoms with Crippen LogP contribution in [0.15, 0.2) is 53.0 Å². The average Bonchev–Trinajstić information content (AvgIpc) is 3.50. The number of rotatable bonds is 5. The van der Waals surface area contributed by atoms with Gasteiger partial charge in [-0.15, -0.1) is 0 Å². The number of nitrogens with one attached hydrogen (secondary N) is 1. The first-order chi connectivity index (χ1) is 19.5. The van der Waals surface area contributed by atoms with E-state index in [0.717, 1.165) is 61.9 Å². The maximum absolute atomic E-state index is 12.4. The van der Waals surface area contributed by atoms with Crippen LogP contribution in [0.2, 0.25) is 0 Å². The van der Waals surface area contributed by atoms with Gasteiger partial charge in [-0.3, -0.25) is 0 Å². The van der Waals surface area contributed by atoms with Crippen molar-refractivity contribution < 1.29 is 8.95 Å². The first-order valence-corrected chi connectivity index (χ1v) is 16.6. The number of hydrogen-bond donors (Lipinski definition) is 1. The molecule has 1 aliphatic carbocycles. The van der Waals surface area contributed by atoms with Crippen molar-refractivity contribution in [2.45, 2.75) is 43.2 Å². The SMILES string of the molecule is CN1CCN(c2ccc(Nc3ncc4c(n3)N(c3cccc(N=S(C)(C)=O)n3)[C@]35CC(C)(C)OC[C@@]43C5)cc2)CC1. The van der Waals surface area contributed by atoms with Gasteiger partial charge < -0.3 is 24.8 Å². The minimum Gasteiger partial charge on any atom is -0.374 e. The van der Waals surface area contributed by atoms with Gasteiger partial charge in [-0.2, -0.15) is 9.35 Å². The number of benzene rings is 1. The van der Waals surface area contributed by atoms with E-state index in [4.69, 9.17) is 19.7 Å². The van der Waals surface area contributed by atoms with E-state index in [0.29, 0.717) is 18.4 Å². The number of likely N-dealkylation sites (N-methyl/N-ethyl adjacent to an activating group) is 1. The summed E-state index contributed by atoms with van der Waals surface area (Å²) < 4.78 is 23.2. The van der Waals surface area contributed by atoms with Crippen LogP contribution in [0.4, 0.5) is 34.8 Å². The third-order valence-corrected chi connectivity index (χ3v) is 9.59. The second-order valence-electron chi connectivity index (χ2n) is 12.9. The Hall–Kier alpha value is -3.28. The van der Waals surface area contributed by atoms with Crippen LogP contribution in [0.5, 0.6) is 0 Å². The fourth-order valence-corrected chi connectivity index (χ4v) is 7.53. The molecule has 2 atom stereocenters. The summed E-state index contributed by atoms with van der Waals surface area (Å²) in [5.41, 5.74) is 2.63. The molecule has 5 heterocycles. The molecular formula is C30H38N8O2S. The molecule has 0 amide bonds. The summed E-state index contributed by atoms with van der Waals surface area (Å²) in [5.74, 6) is 2.61. The van der Waals surface area contributed by atoms with Gasteiger partial charge in [0.1, 0.15) is 11.6 Å². The maximum atomic E-state index is 12.4. The fourth-order valence-electron chi connectivity index (χ4n) is 6.98. The highest BCUT2D eigenvalue weighted by Gasteiger charge is 2.80. The molecule has 3 fully saturated rings. The molecule has 1 saturated carbocycles. The largest absolute Gasteiger partial charge is 0.374 e. The molecule has 3 aromatic rings. The van der Waals surface area contributed by atoms with Crippen molar-refractivity contribution in [3.05, 3.63) is 54.2 Å². The summed E-state index contributed by atoms with van der Waals surface area (Å²) in [6.07, 6.45) is 7.02. The van der Waals surface area contributed by atoms with Gasteiger partial charge in [0.05, 0.1) is 17.7 Å². The second kappa shape index (κ2) is 9.11. The lowest BCUT2D eigenvalue weighted by Gasteiger charge is -2.40. The van der Waals surface area contributed by atoms with Gasteiger partial charge in [0.25, 0.3) is 0 Å². The molecule has 3 aliphatic heterocycles. The summed E-state index contributed by atoms with van der Waals surface area (Å²) in [7, 11) is -0.176. The van der Waals surface area contributed by atoms with Crippen molar-refractivity contribution in [3.63, 3.8) is 0 Å². The van der Waals surface area contributed by atoms with Gasteiger partial charge in [0.2, 0.25) is 5.95 Å². The Morgan fingerprint density at radius 3 is 2.49 bits per heavy atom. The maximum Gasteiger partial charge on any atom is 0.229 e. The summed E-state index contributed by atoms with van der Waals surface area (Å²) >= 11 is 0. The van der Waals surface area contributed by atoms with Crippen LogP contribution < -0.4 is 15.1 Å². The highest BCUT2D eigenvalue weighted by molar-refractivity contribution is 7.92. The number of fused-ring (bicyclic) bond motifs is 1. The standard InChI is InChI=1S/C30H38N8O2S/c1-28(2)18-30-19-29(30,20-40-28)23-17-31-27(32-21-9-11-22(12-10-21)37-15-13-36(3)14-16-37)34-26(23)38(30)25-8-6-7-24(33-25)35-41(4,5)39/h6-12,17H,13-16,18-20H2,1-5H3,(H,31,32,34)/t29-,30-/m0/s1. The number of aromatic nitrogens is 3. The number of pyridine rings is 1. The third kappa shape index (κ3) is 4.54. The quantitative estimate of drug-likeness (QED) is 0.474. The first kappa shape index (κ1) is 26.6. The van der Waals surface area contributed by atoms with Crippen LogP contribution in [0.1, 0.15) is 32.3 Å². The minimum absolute atomic E-state index is 0.168. The Kier molecular flexibility index (Phi) is 5.91. The van der Waals surface area contributed by atoms with E-state index >= 15 is 0 Å². The zero-order valence-corrected chi connectivity index (χ0v) is 25.2. The molecule has 0 bridgehead atoms. The highest BCUT2D eigenvalue weighted by atomic mass is 32.2. The van der Waals surface area contributed by atoms with Crippen LogP contribution in [-0.4, -0.2) is 87.5 Å². The van der Waals surface area contributed by atoms with Gasteiger partial charge in [0, 0.05) is 83.4 Å². The smallest absolute Gasteiger partial charge is 0.229 e. The molecule has 11 heteroatoms. The molecular weight excluding hydrogens is 536 g/mol. The molecule has 2 saturated heterocycles. The van der Waals surface area contributed by atoms with Gasteiger partial charge in [-0.25, -0.2) is 14.2 Å². The van der Waals surface area contributed by atoms with Crippen LogP contribution in [0, 0.1) is 0 Å². The Labute approximate surface area is 242 Å². The van der Waals surface area contributed by atoms with Crippen molar-refractivity contribution in [1.82, 2.24) is 19.9 Å². The predicted octanol–water partition coefficient (Wildman–Crippen LogP) is 4.46. The zero-order chi connectivity index (χ0) is 28.6. The normalized spacial score (nSPS) is 26.7. The van der Waals surface area contributed by atoms with Gasteiger partial charge >= 0.3 is 0 Å². The summed E-state index contributed by atoms with van der Waals surface area (Å²) in [6, 6.07) is 14.2. The van der Waals surface area contributed by atoms with E-state index in [1.165, 1.54) is 5.69 Å². The van der Waals surface area contributed by atoms with Gasteiger partial charge in [-0.05, 0) is 63.7 Å². The Balaban J connectivity index is 1.23. The molecule has 0 spiro atoms. The molecule has 216 valence electrons. The highest BCUT2D eigenvalue weighted by Crippen LogP contribution is 2.74. The number of ether oxygens (including phenoxy) is 1. The molecule has 1 aromatic carbocycles. The predicted molar refractivity (Wildman–Crippen MR) is 164 cm³/mol. The summed E-state index contributed by atoms with van der Waals surface area (Å²) in [4.78, 5) is 21.8. The van der Waals surface area contributed by atoms with Crippen molar-refractivity contribution >= 4 is 44.5 Å². The van der Waals surface area contributed by atoms with Crippen molar-refractivity contribution in [2.24, 2.45) is 4.36 Å². The van der Waals surface area contributed by atoms with Crippen molar-refractivity contribution in [3.8, 4) is 0 Å². The van der Waals surface area contributed by atoms with Gasteiger partial charge in [-0.1, -0.05) is 6.07 Å². The van der Waals surface area contributed by atoms with E-state index in [1.54, 1.807) is 18.6 Å². The van der Waals surface area contributed by atoms with E-state index in [2.05, 4.69) is 69.5 Å². The van der Waals surface area contributed by atoms with Crippen molar-refractivity contribution in [2.75, 3.05) is 67.5 Å². The van der Waals surface area contributed by atoms with Crippen LogP contribution in [-0.2, 0) is 19.9 Å². The Morgan fingerprint density at radius 2 is 1.76 bits per heavy atom. The summed E-state index contributed by atoms with van der Waals surface area (Å²) in [5, 5.41) is 3.42. The lowest BCUT2D eigenvalue weighted by atomic mass is 9.85. The average molecular weight is 575 g/mol. The minimum atomic E-state index is -2.35. The zero-order valence-electron chi connectivity index (χ0n) is 24.4. The molecule has 7 rings (SSSR count). The Bertz CT molecular complexity index is 1620. The monoisotopic (exact) mass is 574 g/mol. The molecule has 0 unspecified atom stereocenters. The van der Waals surface area contributed by atoms with Crippen LogP contribution >= 0.6 is 0 Å². The lowest BCUT2D eigenvalue weighted by molar-refractivity contribution is -0.0663. The fraction of sp³-hybridized carbons (Fsp3) is 0.500. The Morgan fingerprint density at radius 1 is 1.00 bits per heavy atom. The molecule has 2 aromatic heterocycles. The molecule has 1 N–H and O–H groups in total. The van der Waals surface area contributed by atoms with Crippen molar-refractivity contribution in [1.29, 1.82) is 0 Å². The first-order valence-electron chi connectivity index (χ1n) is 14.2. The van der Waals surface area contributed by atoms with Crippen LogP contribution in [0.25, 0.3) is 0 Å². The molecule has 4 aliphatic rings. The number of anilines is 5. The third-order valence-electron chi connectivity index (χ3n) is 8.97. The number of nitrogens with zero attached hydrogens (tertiary/aromatic N) is 7.